The predicted octanol–water partition coefficient (Wildman–Crippen LogP) is 1.14. The van der Waals surface area contributed by atoms with Crippen LogP contribution < -0.4 is 10.6 Å². The van der Waals surface area contributed by atoms with Crippen LogP contribution in [-0.2, 0) is 11.2 Å². The Balaban J connectivity index is 1.40. The highest BCUT2D eigenvalue weighted by molar-refractivity contribution is 7.09. The van der Waals surface area contributed by atoms with Crippen molar-refractivity contribution in [3.05, 3.63) is 46.4 Å². The number of carbonyl (C=O) groups excluding carboxylic acids is 1. The zero-order valence-corrected chi connectivity index (χ0v) is 16.2. The molecule has 4 rings (SSSR count). The Morgan fingerprint density at radius 3 is 2.86 bits per heavy atom. The van der Waals surface area contributed by atoms with Crippen LogP contribution in [0.2, 0.25) is 0 Å². The lowest BCUT2D eigenvalue weighted by molar-refractivity contribution is -0.0249. The Labute approximate surface area is 170 Å². The SMILES string of the molecule is O=C(NCCc1cccs1)Nc1ccc2nc([C@@H]3O[C@H](CO)[C@@H](O)[C@H]3O)[nH]c2c1. The summed E-state index contributed by atoms with van der Waals surface area (Å²) in [5.74, 6) is 0.347. The van der Waals surface area contributed by atoms with E-state index in [2.05, 4.69) is 20.6 Å². The summed E-state index contributed by atoms with van der Waals surface area (Å²) in [6, 6.07) is 8.89. The number of nitrogens with zero attached hydrogens (tertiary/aromatic N) is 1. The lowest BCUT2D eigenvalue weighted by Crippen LogP contribution is -2.32. The molecule has 1 saturated heterocycles. The number of nitrogens with one attached hydrogen (secondary N) is 3. The summed E-state index contributed by atoms with van der Waals surface area (Å²) >= 11 is 1.65. The fraction of sp³-hybridized carbons (Fsp3) is 0.368. The van der Waals surface area contributed by atoms with Gasteiger partial charge >= 0.3 is 6.03 Å². The van der Waals surface area contributed by atoms with Gasteiger partial charge in [0.15, 0.2) is 0 Å². The number of fused-ring (bicyclic) bond motifs is 1. The maximum atomic E-state index is 12.1. The first-order chi connectivity index (χ1) is 14.0. The fourth-order valence-electron chi connectivity index (χ4n) is 3.30. The van der Waals surface area contributed by atoms with Crippen molar-refractivity contribution in [2.45, 2.75) is 30.8 Å². The number of amides is 2. The third kappa shape index (κ3) is 4.26. The molecule has 3 heterocycles. The summed E-state index contributed by atoms with van der Waals surface area (Å²) < 4.78 is 5.50. The van der Waals surface area contributed by atoms with E-state index in [1.807, 2.05) is 17.5 Å². The number of hydrogen-bond donors (Lipinski definition) is 6. The summed E-state index contributed by atoms with van der Waals surface area (Å²) in [6.07, 6.45) is -3.34. The number of aromatic amines is 1. The van der Waals surface area contributed by atoms with Crippen molar-refractivity contribution < 1.29 is 24.9 Å². The first-order valence-corrected chi connectivity index (χ1v) is 10.1. The number of urea groups is 1. The molecular formula is C19H22N4O5S. The number of aliphatic hydroxyl groups is 3. The molecule has 1 fully saturated rings. The van der Waals surface area contributed by atoms with E-state index >= 15 is 0 Å². The van der Waals surface area contributed by atoms with E-state index in [-0.39, 0.29) is 6.03 Å². The third-order valence-electron chi connectivity index (χ3n) is 4.81. The quantitative estimate of drug-likeness (QED) is 0.355. The number of thiophene rings is 1. The van der Waals surface area contributed by atoms with Crippen LogP contribution >= 0.6 is 11.3 Å². The molecular weight excluding hydrogens is 396 g/mol. The number of ether oxygens (including phenoxy) is 1. The molecule has 29 heavy (non-hydrogen) atoms. The van der Waals surface area contributed by atoms with Gasteiger partial charge in [0.2, 0.25) is 0 Å². The highest BCUT2D eigenvalue weighted by Crippen LogP contribution is 2.33. The van der Waals surface area contributed by atoms with Crippen molar-refractivity contribution in [2.24, 2.45) is 0 Å². The lowest BCUT2D eigenvalue weighted by atomic mass is 10.1. The number of benzene rings is 1. The van der Waals surface area contributed by atoms with E-state index in [0.717, 1.165) is 6.42 Å². The highest BCUT2D eigenvalue weighted by atomic mass is 32.1. The Kier molecular flexibility index (Phi) is 5.79. The van der Waals surface area contributed by atoms with Gasteiger partial charge in [-0.25, -0.2) is 9.78 Å². The van der Waals surface area contributed by atoms with Gasteiger partial charge in [-0.2, -0.15) is 0 Å². The van der Waals surface area contributed by atoms with Crippen LogP contribution in [0, 0.1) is 0 Å². The number of rotatable bonds is 6. The minimum absolute atomic E-state index is 0.302. The van der Waals surface area contributed by atoms with Crippen molar-refractivity contribution in [3.63, 3.8) is 0 Å². The Morgan fingerprint density at radius 2 is 2.14 bits per heavy atom. The van der Waals surface area contributed by atoms with E-state index in [1.54, 1.807) is 29.5 Å². The van der Waals surface area contributed by atoms with Crippen molar-refractivity contribution in [1.29, 1.82) is 0 Å². The monoisotopic (exact) mass is 418 g/mol. The van der Waals surface area contributed by atoms with Gasteiger partial charge in [-0.15, -0.1) is 11.3 Å². The third-order valence-corrected chi connectivity index (χ3v) is 5.74. The van der Waals surface area contributed by atoms with Crippen molar-refractivity contribution in [3.8, 4) is 0 Å². The average Bonchev–Trinajstić information content (AvgIpc) is 3.42. The highest BCUT2D eigenvalue weighted by Gasteiger charge is 2.44. The fourth-order valence-corrected chi connectivity index (χ4v) is 4.01. The first-order valence-electron chi connectivity index (χ1n) is 9.24. The van der Waals surface area contributed by atoms with Crippen molar-refractivity contribution in [1.82, 2.24) is 15.3 Å². The number of carbonyl (C=O) groups is 1. The van der Waals surface area contributed by atoms with Crippen LogP contribution in [-0.4, -0.2) is 62.8 Å². The zero-order valence-electron chi connectivity index (χ0n) is 15.4. The molecule has 3 aromatic rings. The molecule has 154 valence electrons. The van der Waals surface area contributed by atoms with Gasteiger partial charge in [0.1, 0.15) is 30.2 Å². The van der Waals surface area contributed by atoms with Gasteiger partial charge in [-0.05, 0) is 36.1 Å². The molecule has 2 aromatic heterocycles. The van der Waals surface area contributed by atoms with Crippen LogP contribution in [0.4, 0.5) is 10.5 Å². The van der Waals surface area contributed by atoms with Gasteiger partial charge in [0.05, 0.1) is 17.6 Å². The van der Waals surface area contributed by atoms with Crippen LogP contribution in [0.1, 0.15) is 16.8 Å². The maximum Gasteiger partial charge on any atom is 0.319 e. The number of anilines is 1. The molecule has 0 unspecified atom stereocenters. The van der Waals surface area contributed by atoms with E-state index in [1.165, 1.54) is 4.88 Å². The molecule has 4 atom stereocenters. The normalized spacial score (nSPS) is 24.1. The molecule has 1 aromatic carbocycles. The molecule has 1 aliphatic rings. The summed E-state index contributed by atoms with van der Waals surface area (Å²) in [7, 11) is 0. The molecule has 10 heteroatoms. The maximum absolute atomic E-state index is 12.1. The van der Waals surface area contributed by atoms with Gasteiger partial charge in [0.25, 0.3) is 0 Å². The average molecular weight is 418 g/mol. The summed E-state index contributed by atoms with van der Waals surface area (Å²) in [5.41, 5.74) is 1.86. The smallest absolute Gasteiger partial charge is 0.319 e. The van der Waals surface area contributed by atoms with Gasteiger partial charge < -0.3 is 35.7 Å². The van der Waals surface area contributed by atoms with Gasteiger partial charge in [-0.3, -0.25) is 0 Å². The molecule has 1 aliphatic heterocycles. The van der Waals surface area contributed by atoms with Gasteiger partial charge in [-0.1, -0.05) is 6.07 Å². The van der Waals surface area contributed by atoms with Crippen molar-refractivity contribution in [2.75, 3.05) is 18.5 Å². The second kappa shape index (κ2) is 8.47. The first kappa shape index (κ1) is 19.8. The second-order valence-corrected chi connectivity index (χ2v) is 7.86. The predicted molar refractivity (Wildman–Crippen MR) is 108 cm³/mol. The molecule has 0 radical (unpaired) electrons. The van der Waals surface area contributed by atoms with Crippen molar-refractivity contribution >= 4 is 34.1 Å². The minimum atomic E-state index is -1.19. The molecule has 0 saturated carbocycles. The minimum Gasteiger partial charge on any atom is -0.394 e. The lowest BCUT2D eigenvalue weighted by Gasteiger charge is -2.11. The van der Waals surface area contributed by atoms with Crippen LogP contribution in [0.15, 0.2) is 35.7 Å². The Hall–Kier alpha value is -2.50. The molecule has 0 bridgehead atoms. The largest absolute Gasteiger partial charge is 0.394 e. The van der Waals surface area contributed by atoms with Crippen LogP contribution in [0.5, 0.6) is 0 Å². The van der Waals surface area contributed by atoms with E-state index in [0.29, 0.717) is 29.1 Å². The Bertz CT molecular complexity index is 976. The molecule has 6 N–H and O–H groups in total. The summed E-state index contributed by atoms with van der Waals surface area (Å²) in [5, 5.41) is 36.9. The van der Waals surface area contributed by atoms with E-state index in [4.69, 9.17) is 4.74 Å². The van der Waals surface area contributed by atoms with Gasteiger partial charge in [0, 0.05) is 17.1 Å². The molecule has 9 nitrogen and oxygen atoms in total. The number of aromatic nitrogens is 2. The standard InChI is InChI=1S/C19H22N4O5S/c24-9-14-15(25)16(26)17(28-14)18-22-12-4-3-10(8-13(12)23-18)21-19(27)20-6-5-11-2-1-7-29-11/h1-4,7-8,14-17,24-26H,5-6,9H2,(H,22,23)(H2,20,21,27)/t14-,15-,16-,17-/m1/s1. The molecule has 0 spiro atoms. The zero-order chi connectivity index (χ0) is 20.4. The number of aliphatic hydroxyl groups excluding tert-OH is 3. The topological polar surface area (TPSA) is 140 Å². The van der Waals surface area contributed by atoms with Crippen LogP contribution in [0.25, 0.3) is 11.0 Å². The van der Waals surface area contributed by atoms with Crippen LogP contribution in [0.3, 0.4) is 0 Å². The summed E-state index contributed by atoms with van der Waals surface area (Å²) in [6.45, 7) is 0.138. The number of imidazole rings is 1. The number of hydrogen-bond acceptors (Lipinski definition) is 7. The van der Waals surface area contributed by atoms with E-state index in [9.17, 15) is 20.1 Å². The second-order valence-electron chi connectivity index (χ2n) is 6.82. The molecule has 0 aliphatic carbocycles. The molecule has 2 amide bonds. The summed E-state index contributed by atoms with van der Waals surface area (Å²) in [4.78, 5) is 20.7. The Morgan fingerprint density at radius 1 is 1.28 bits per heavy atom. The number of H-pyrrole nitrogens is 1. The van der Waals surface area contributed by atoms with E-state index < -0.39 is 31.0 Å².